The third kappa shape index (κ3) is 2.81. The minimum Gasteiger partial charge on any atom is -0.308 e. The third-order valence-electron chi connectivity index (χ3n) is 1.36. The van der Waals surface area contributed by atoms with E-state index in [-0.39, 0.29) is 11.2 Å². The van der Waals surface area contributed by atoms with Crippen LogP contribution in [0.2, 0.25) is 0 Å². The Morgan fingerprint density at radius 2 is 2.27 bits per heavy atom. The maximum absolute atomic E-state index is 11.5. The zero-order valence-corrected chi connectivity index (χ0v) is 9.90. The quantitative estimate of drug-likeness (QED) is 0.581. The molecule has 0 aromatic rings. The zero-order valence-electron chi connectivity index (χ0n) is 5.83. The van der Waals surface area contributed by atoms with Crippen LogP contribution < -0.4 is 0 Å². The summed E-state index contributed by atoms with van der Waals surface area (Å²) < 4.78 is 21.7. The number of rotatable bonds is 2. The molecule has 66 valence electrons. The molecule has 1 aliphatic rings. The van der Waals surface area contributed by atoms with Crippen LogP contribution in [0.15, 0.2) is 0 Å². The van der Waals surface area contributed by atoms with Gasteiger partial charge in [0.2, 0.25) is 0 Å². The van der Waals surface area contributed by atoms with Crippen molar-refractivity contribution in [3.8, 4) is 0 Å². The van der Waals surface area contributed by atoms with E-state index in [9.17, 15) is 4.57 Å². The lowest BCUT2D eigenvalue weighted by atomic mass is 10.3. The molecule has 0 amide bonds. The van der Waals surface area contributed by atoms with Crippen LogP contribution in [0.3, 0.4) is 0 Å². The number of halogens is 2. The number of hydrogen-bond acceptors (Lipinski definition) is 3. The van der Waals surface area contributed by atoms with Gasteiger partial charge in [-0.1, -0.05) is 31.9 Å². The van der Waals surface area contributed by atoms with Crippen molar-refractivity contribution < 1.29 is 13.6 Å². The number of hydrogen-bond donors (Lipinski definition) is 0. The lowest BCUT2D eigenvalue weighted by molar-refractivity contribution is 0.0983. The van der Waals surface area contributed by atoms with E-state index in [0.29, 0.717) is 11.9 Å². The molecule has 1 heterocycles. The van der Waals surface area contributed by atoms with E-state index in [1.165, 1.54) is 0 Å². The second-order valence-corrected chi connectivity index (χ2v) is 6.32. The van der Waals surface area contributed by atoms with Crippen molar-refractivity contribution in [2.45, 2.75) is 12.5 Å². The Balaban J connectivity index is 2.52. The average molecular weight is 308 g/mol. The highest BCUT2D eigenvalue weighted by Crippen LogP contribution is 2.53. The van der Waals surface area contributed by atoms with Gasteiger partial charge in [0.1, 0.15) is 5.07 Å². The van der Waals surface area contributed by atoms with Crippen molar-refractivity contribution in [2.75, 3.05) is 17.0 Å². The van der Waals surface area contributed by atoms with E-state index in [4.69, 9.17) is 9.05 Å². The average Bonchev–Trinajstić information content (AvgIpc) is 2.05. The first kappa shape index (κ1) is 10.2. The molecular formula is C5H9Br2O3P. The molecule has 2 atom stereocenters. The molecule has 2 unspecified atom stereocenters. The Morgan fingerprint density at radius 3 is 2.82 bits per heavy atom. The van der Waals surface area contributed by atoms with Crippen LogP contribution in [0, 0.1) is 0 Å². The second kappa shape index (κ2) is 4.38. The van der Waals surface area contributed by atoms with Gasteiger partial charge in [0.25, 0.3) is 0 Å². The molecule has 1 saturated heterocycles. The van der Waals surface area contributed by atoms with Gasteiger partial charge in [-0.25, -0.2) is 0 Å². The van der Waals surface area contributed by atoms with Crippen molar-refractivity contribution in [3.05, 3.63) is 0 Å². The molecule has 1 aliphatic heterocycles. The molecule has 1 rings (SSSR count). The highest BCUT2D eigenvalue weighted by Gasteiger charge is 2.31. The molecule has 0 saturated carbocycles. The fourth-order valence-electron chi connectivity index (χ4n) is 0.801. The summed E-state index contributed by atoms with van der Waals surface area (Å²) in [7, 11) is -2.78. The van der Waals surface area contributed by atoms with Gasteiger partial charge in [-0.3, -0.25) is 4.57 Å². The van der Waals surface area contributed by atoms with Gasteiger partial charge in [-0.05, 0) is 6.42 Å². The van der Waals surface area contributed by atoms with Crippen LogP contribution in [0.25, 0.3) is 0 Å². The van der Waals surface area contributed by atoms with Crippen LogP contribution >= 0.6 is 39.5 Å². The molecule has 11 heavy (non-hydrogen) atoms. The van der Waals surface area contributed by atoms with Gasteiger partial charge in [0, 0.05) is 5.33 Å². The predicted octanol–water partition coefficient (Wildman–Crippen LogP) is 2.73. The summed E-state index contributed by atoms with van der Waals surface area (Å²) in [6, 6.07) is 0. The largest absolute Gasteiger partial charge is 0.341 e. The third-order valence-corrected chi connectivity index (χ3v) is 5.41. The minimum absolute atomic E-state index is 0.0344. The Morgan fingerprint density at radius 1 is 1.55 bits per heavy atom. The van der Waals surface area contributed by atoms with Crippen LogP contribution in [0.5, 0.6) is 0 Å². The Hall–Kier alpha value is 1.11. The topological polar surface area (TPSA) is 35.5 Å². The summed E-state index contributed by atoms with van der Waals surface area (Å²) in [6.07, 6.45) is 0.842. The molecule has 0 aliphatic carbocycles. The van der Waals surface area contributed by atoms with E-state index >= 15 is 0 Å². The molecule has 1 fully saturated rings. The highest BCUT2D eigenvalue weighted by molar-refractivity contribution is 9.10. The van der Waals surface area contributed by atoms with Crippen molar-refractivity contribution in [2.24, 2.45) is 0 Å². The smallest absolute Gasteiger partial charge is 0.308 e. The number of alkyl halides is 2. The first-order valence-electron chi connectivity index (χ1n) is 3.24. The van der Waals surface area contributed by atoms with E-state index in [0.717, 1.165) is 6.42 Å². The standard InChI is InChI=1S/C5H9Br2O3P/c6-3-5-1-2-9-11(8,4-7)10-5/h5H,1-4H2. The van der Waals surface area contributed by atoms with Gasteiger partial charge in [0.15, 0.2) is 0 Å². The Bertz CT molecular complexity index is 175. The van der Waals surface area contributed by atoms with Crippen molar-refractivity contribution >= 4 is 39.5 Å². The molecule has 0 spiro atoms. The van der Waals surface area contributed by atoms with E-state index in [1.54, 1.807) is 0 Å². The summed E-state index contributed by atoms with van der Waals surface area (Å²) >= 11 is 6.37. The van der Waals surface area contributed by atoms with Crippen LogP contribution in [-0.2, 0) is 13.6 Å². The normalized spacial score (nSPS) is 38.9. The van der Waals surface area contributed by atoms with Crippen molar-refractivity contribution in [3.63, 3.8) is 0 Å². The van der Waals surface area contributed by atoms with Crippen LogP contribution in [0.1, 0.15) is 6.42 Å². The molecule has 3 nitrogen and oxygen atoms in total. The van der Waals surface area contributed by atoms with Gasteiger partial charge in [-0.2, -0.15) is 0 Å². The lowest BCUT2D eigenvalue weighted by Gasteiger charge is -2.27. The maximum atomic E-state index is 11.5. The zero-order chi connectivity index (χ0) is 8.32. The summed E-state index contributed by atoms with van der Waals surface area (Å²) in [5.41, 5.74) is 0. The Labute approximate surface area is 82.6 Å². The fraction of sp³-hybridized carbons (Fsp3) is 1.00. The first-order chi connectivity index (χ1) is 5.20. The summed E-state index contributed by atoms with van der Waals surface area (Å²) in [6.45, 7) is 0.527. The predicted molar refractivity (Wildman–Crippen MR) is 50.6 cm³/mol. The van der Waals surface area contributed by atoms with Gasteiger partial charge in [-0.15, -0.1) is 0 Å². The molecule has 6 heteroatoms. The monoisotopic (exact) mass is 306 g/mol. The molecule has 0 aromatic heterocycles. The molecule has 0 N–H and O–H groups in total. The molecule has 0 radical (unpaired) electrons. The molecule has 0 bridgehead atoms. The van der Waals surface area contributed by atoms with Crippen molar-refractivity contribution in [1.82, 2.24) is 0 Å². The van der Waals surface area contributed by atoms with E-state index in [1.807, 2.05) is 0 Å². The fourth-order valence-corrected chi connectivity index (χ4v) is 3.45. The van der Waals surface area contributed by atoms with E-state index < -0.39 is 7.60 Å². The summed E-state index contributed by atoms with van der Waals surface area (Å²) in [5.74, 6) is 0. The summed E-state index contributed by atoms with van der Waals surface area (Å²) in [5, 5.41) is 0.997. The van der Waals surface area contributed by atoms with E-state index in [2.05, 4.69) is 31.9 Å². The maximum Gasteiger partial charge on any atom is 0.341 e. The molecular weight excluding hydrogens is 299 g/mol. The van der Waals surface area contributed by atoms with Gasteiger partial charge in [0.05, 0.1) is 12.7 Å². The van der Waals surface area contributed by atoms with Crippen LogP contribution in [-0.4, -0.2) is 23.1 Å². The lowest BCUT2D eigenvalue weighted by Crippen LogP contribution is -2.21. The van der Waals surface area contributed by atoms with Crippen molar-refractivity contribution in [1.29, 1.82) is 0 Å². The minimum atomic E-state index is -2.78. The first-order valence-corrected chi connectivity index (χ1v) is 7.21. The summed E-state index contributed by atoms with van der Waals surface area (Å²) in [4.78, 5) is 0. The van der Waals surface area contributed by atoms with Gasteiger partial charge < -0.3 is 9.05 Å². The molecule has 0 aromatic carbocycles. The second-order valence-electron chi connectivity index (χ2n) is 2.23. The Kier molecular flexibility index (Phi) is 4.05. The highest BCUT2D eigenvalue weighted by atomic mass is 79.9. The SMILES string of the molecule is O=P1(CBr)OCCC(CBr)O1. The van der Waals surface area contributed by atoms with Crippen LogP contribution in [0.4, 0.5) is 0 Å². The van der Waals surface area contributed by atoms with Gasteiger partial charge >= 0.3 is 7.60 Å².